The van der Waals surface area contributed by atoms with Gasteiger partial charge in [-0.05, 0) is 24.7 Å². The molecule has 21 heavy (non-hydrogen) atoms. The van der Waals surface area contributed by atoms with E-state index in [1.165, 1.54) is 0 Å². The molecule has 116 valence electrons. The number of nitrogens with zero attached hydrogens (tertiary/aromatic N) is 2. The molecule has 2 aliphatic rings. The van der Waals surface area contributed by atoms with Crippen molar-refractivity contribution in [2.24, 2.45) is 18.4 Å². The summed E-state index contributed by atoms with van der Waals surface area (Å²) >= 11 is 0. The zero-order valence-corrected chi connectivity index (χ0v) is 13.3. The Kier molecular flexibility index (Phi) is 3.56. The predicted octanol–water partition coefficient (Wildman–Crippen LogP) is 2.19. The van der Waals surface area contributed by atoms with Gasteiger partial charge in [0.2, 0.25) is 5.91 Å². The summed E-state index contributed by atoms with van der Waals surface area (Å²) in [7, 11) is 1.90. The molecule has 0 aromatic carbocycles. The Bertz CT molecular complexity index is 532. The minimum Gasteiger partial charge on any atom is -0.374 e. The van der Waals surface area contributed by atoms with E-state index in [0.29, 0.717) is 6.10 Å². The lowest BCUT2D eigenvalue weighted by molar-refractivity contribution is -0.128. The number of fused-ring (bicyclic) bond motifs is 2. The lowest BCUT2D eigenvalue weighted by Crippen LogP contribution is -2.42. The highest BCUT2D eigenvalue weighted by molar-refractivity contribution is 5.80. The van der Waals surface area contributed by atoms with Crippen LogP contribution in [0.25, 0.3) is 0 Å². The summed E-state index contributed by atoms with van der Waals surface area (Å²) in [6.45, 7) is 6.42. The fourth-order valence-corrected chi connectivity index (χ4v) is 3.55. The average Bonchev–Trinajstić information content (AvgIpc) is 3.09. The molecular weight excluding hydrogens is 266 g/mol. The lowest BCUT2D eigenvalue weighted by Gasteiger charge is -2.32. The van der Waals surface area contributed by atoms with Gasteiger partial charge in [0.15, 0.2) is 0 Å². The zero-order chi connectivity index (χ0) is 15.2. The molecular formula is C16H25N3O2. The van der Waals surface area contributed by atoms with Crippen molar-refractivity contribution in [3.8, 4) is 0 Å². The van der Waals surface area contributed by atoms with Gasteiger partial charge in [-0.2, -0.15) is 5.10 Å². The van der Waals surface area contributed by atoms with Gasteiger partial charge in [-0.3, -0.25) is 9.48 Å². The van der Waals surface area contributed by atoms with E-state index in [2.05, 4.69) is 31.2 Å². The van der Waals surface area contributed by atoms with Crippen LogP contribution in [0.2, 0.25) is 0 Å². The number of nitrogens with one attached hydrogen (secondary N) is 1. The van der Waals surface area contributed by atoms with Gasteiger partial charge in [0.05, 0.1) is 30.4 Å². The molecule has 1 aromatic rings. The highest BCUT2D eigenvalue weighted by Gasteiger charge is 2.45. The van der Waals surface area contributed by atoms with Crippen LogP contribution < -0.4 is 5.32 Å². The second kappa shape index (κ2) is 5.13. The molecule has 0 aliphatic carbocycles. The third kappa shape index (κ3) is 2.84. The topological polar surface area (TPSA) is 56.2 Å². The van der Waals surface area contributed by atoms with Gasteiger partial charge in [0.1, 0.15) is 0 Å². The smallest absolute Gasteiger partial charge is 0.226 e. The Hall–Kier alpha value is -1.36. The Morgan fingerprint density at radius 1 is 1.48 bits per heavy atom. The molecule has 0 spiro atoms. The third-order valence-electron chi connectivity index (χ3n) is 4.65. The molecule has 1 aromatic heterocycles. The van der Waals surface area contributed by atoms with Crippen LogP contribution in [0.5, 0.6) is 0 Å². The van der Waals surface area contributed by atoms with Crippen molar-refractivity contribution < 1.29 is 9.53 Å². The molecule has 5 heteroatoms. The highest BCUT2D eigenvalue weighted by atomic mass is 16.5. The summed E-state index contributed by atoms with van der Waals surface area (Å²) in [5.41, 5.74) is 0.999. The predicted molar refractivity (Wildman–Crippen MR) is 79.5 cm³/mol. The molecule has 0 saturated carbocycles. The first-order chi connectivity index (χ1) is 9.84. The fourth-order valence-electron chi connectivity index (χ4n) is 3.55. The van der Waals surface area contributed by atoms with E-state index in [9.17, 15) is 4.79 Å². The summed E-state index contributed by atoms with van der Waals surface area (Å²) in [6.07, 6.45) is 7.26. The van der Waals surface area contributed by atoms with E-state index >= 15 is 0 Å². The van der Waals surface area contributed by atoms with Crippen molar-refractivity contribution in [3.63, 3.8) is 0 Å². The summed E-state index contributed by atoms with van der Waals surface area (Å²) < 4.78 is 7.58. The van der Waals surface area contributed by atoms with Gasteiger partial charge >= 0.3 is 0 Å². The quantitative estimate of drug-likeness (QED) is 0.928. The molecule has 4 atom stereocenters. The van der Waals surface area contributed by atoms with Crippen LogP contribution in [-0.4, -0.2) is 27.9 Å². The fraction of sp³-hybridized carbons (Fsp3) is 0.750. The van der Waals surface area contributed by atoms with E-state index in [1.807, 2.05) is 19.4 Å². The zero-order valence-electron chi connectivity index (χ0n) is 13.3. The monoisotopic (exact) mass is 291 g/mol. The molecule has 2 saturated heterocycles. The SMILES string of the molecule is Cn1cc([C@@H](NC(=O)[C@H]2C[C@H]3CC[C@H]2O3)C(C)(C)C)cn1. The number of amides is 1. The van der Waals surface area contributed by atoms with Gasteiger partial charge in [0.25, 0.3) is 0 Å². The number of carbonyl (C=O) groups excluding carboxylic acids is 1. The van der Waals surface area contributed by atoms with Crippen LogP contribution in [0.4, 0.5) is 0 Å². The average molecular weight is 291 g/mol. The standard InChI is InChI=1S/C16H25N3O2/c1-16(2,3)14(10-8-17-19(4)9-10)18-15(20)12-7-11-5-6-13(12)21-11/h8-9,11-14H,5-7H2,1-4H3,(H,18,20)/t11-,12+,13-,14-/m1/s1. The first kappa shape index (κ1) is 14.6. The van der Waals surface area contributed by atoms with Crippen LogP contribution in [0.15, 0.2) is 12.4 Å². The van der Waals surface area contributed by atoms with Crippen molar-refractivity contribution in [2.75, 3.05) is 0 Å². The van der Waals surface area contributed by atoms with E-state index in [1.54, 1.807) is 4.68 Å². The van der Waals surface area contributed by atoms with Crippen LogP contribution in [0.1, 0.15) is 51.6 Å². The van der Waals surface area contributed by atoms with Crippen molar-refractivity contribution in [1.29, 1.82) is 0 Å². The molecule has 1 N–H and O–H groups in total. The molecule has 3 heterocycles. The molecule has 0 radical (unpaired) electrons. The van der Waals surface area contributed by atoms with Crippen LogP contribution in [0.3, 0.4) is 0 Å². The number of aryl methyl sites for hydroxylation is 1. The molecule has 5 nitrogen and oxygen atoms in total. The lowest BCUT2D eigenvalue weighted by atomic mass is 9.82. The Morgan fingerprint density at radius 3 is 2.71 bits per heavy atom. The van der Waals surface area contributed by atoms with Crippen LogP contribution in [0, 0.1) is 11.3 Å². The highest BCUT2D eigenvalue weighted by Crippen LogP contribution is 2.40. The van der Waals surface area contributed by atoms with Gasteiger partial charge < -0.3 is 10.1 Å². The van der Waals surface area contributed by atoms with Crippen LogP contribution >= 0.6 is 0 Å². The maximum Gasteiger partial charge on any atom is 0.226 e. The van der Waals surface area contributed by atoms with E-state index in [0.717, 1.165) is 24.8 Å². The Balaban J connectivity index is 1.74. The van der Waals surface area contributed by atoms with Crippen LogP contribution in [-0.2, 0) is 16.6 Å². The molecule has 2 aliphatic heterocycles. The Morgan fingerprint density at radius 2 is 2.24 bits per heavy atom. The molecule has 3 rings (SSSR count). The second-order valence-corrected chi connectivity index (χ2v) is 7.47. The van der Waals surface area contributed by atoms with Crippen molar-refractivity contribution in [3.05, 3.63) is 18.0 Å². The third-order valence-corrected chi connectivity index (χ3v) is 4.65. The van der Waals surface area contributed by atoms with E-state index in [4.69, 9.17) is 4.74 Å². The molecule has 2 bridgehead atoms. The van der Waals surface area contributed by atoms with E-state index < -0.39 is 0 Å². The summed E-state index contributed by atoms with van der Waals surface area (Å²) in [5.74, 6) is 0.149. The molecule has 2 fully saturated rings. The number of rotatable bonds is 3. The maximum absolute atomic E-state index is 12.7. The first-order valence-corrected chi connectivity index (χ1v) is 7.79. The van der Waals surface area contributed by atoms with Crippen molar-refractivity contribution in [1.82, 2.24) is 15.1 Å². The largest absolute Gasteiger partial charge is 0.374 e. The first-order valence-electron chi connectivity index (χ1n) is 7.79. The number of hydrogen-bond donors (Lipinski definition) is 1. The molecule has 0 unspecified atom stereocenters. The van der Waals surface area contributed by atoms with Gasteiger partial charge in [0, 0.05) is 18.8 Å². The van der Waals surface area contributed by atoms with Gasteiger partial charge in [-0.15, -0.1) is 0 Å². The maximum atomic E-state index is 12.7. The number of aromatic nitrogens is 2. The minimum absolute atomic E-state index is 0.0188. The summed E-state index contributed by atoms with van der Waals surface area (Å²) in [5, 5.41) is 7.48. The second-order valence-electron chi connectivity index (χ2n) is 7.47. The molecule has 1 amide bonds. The number of hydrogen-bond acceptors (Lipinski definition) is 3. The number of carbonyl (C=O) groups is 1. The number of ether oxygens (including phenoxy) is 1. The van der Waals surface area contributed by atoms with Gasteiger partial charge in [-0.25, -0.2) is 0 Å². The summed E-state index contributed by atoms with van der Waals surface area (Å²) in [6, 6.07) is -0.0298. The normalized spacial score (nSPS) is 29.6. The van der Waals surface area contributed by atoms with E-state index in [-0.39, 0.29) is 29.4 Å². The van der Waals surface area contributed by atoms with Crippen molar-refractivity contribution in [2.45, 2.75) is 58.3 Å². The van der Waals surface area contributed by atoms with Gasteiger partial charge in [-0.1, -0.05) is 20.8 Å². The Labute approximate surface area is 126 Å². The minimum atomic E-state index is -0.0584. The van der Waals surface area contributed by atoms with Crippen molar-refractivity contribution >= 4 is 5.91 Å². The summed E-state index contributed by atoms with van der Waals surface area (Å²) in [4.78, 5) is 12.7.